The van der Waals surface area contributed by atoms with Crippen molar-refractivity contribution in [1.82, 2.24) is 14.6 Å². The molecular formula is C24H34N6O7. The molecule has 3 rings (SSSR count). The molecule has 0 saturated carbocycles. The lowest BCUT2D eigenvalue weighted by Crippen LogP contribution is -2.43. The van der Waals surface area contributed by atoms with E-state index < -0.39 is 47.2 Å². The maximum atomic E-state index is 12.4. The first-order valence-electron chi connectivity index (χ1n) is 11.7. The molecule has 5 N–H and O–H groups in total. The Kier molecular flexibility index (Phi) is 9.18. The minimum Gasteiger partial charge on any atom is -0.481 e. The predicted molar refractivity (Wildman–Crippen MR) is 131 cm³/mol. The molecule has 13 heteroatoms. The number of fused-ring (bicyclic) bond motifs is 1. The van der Waals surface area contributed by atoms with Crippen LogP contribution in [0.1, 0.15) is 53.7 Å². The molecule has 2 aromatic heterocycles. The van der Waals surface area contributed by atoms with Gasteiger partial charge in [-0.25, -0.2) is 9.50 Å². The number of esters is 2. The highest BCUT2D eigenvalue weighted by atomic mass is 16.6. The van der Waals surface area contributed by atoms with Crippen molar-refractivity contribution in [3.8, 4) is 6.07 Å². The van der Waals surface area contributed by atoms with Crippen LogP contribution in [0.3, 0.4) is 0 Å². The number of ether oxygens (including phenoxy) is 3. The van der Waals surface area contributed by atoms with Gasteiger partial charge in [0.15, 0.2) is 11.9 Å². The maximum Gasteiger partial charge on any atom is 0.325 e. The van der Waals surface area contributed by atoms with Crippen molar-refractivity contribution < 1.29 is 33.7 Å². The summed E-state index contributed by atoms with van der Waals surface area (Å²) in [6, 6.07) is 5.42. The zero-order valence-corrected chi connectivity index (χ0v) is 21.8. The number of anilines is 1. The quantitative estimate of drug-likeness (QED) is 0.445. The van der Waals surface area contributed by atoms with E-state index in [1.807, 2.05) is 0 Å². The second kappa shape index (κ2) is 11.5. The third-order valence-corrected chi connectivity index (χ3v) is 5.46. The average molecular weight is 519 g/mol. The molecule has 37 heavy (non-hydrogen) atoms. The Balaban J connectivity index is 0.000000717. The monoisotopic (exact) mass is 518 g/mol. The number of nitrogens with two attached hydrogens (primary N) is 2. The number of nitriles is 1. The van der Waals surface area contributed by atoms with E-state index in [4.69, 9.17) is 30.8 Å². The number of aromatic nitrogens is 3. The van der Waals surface area contributed by atoms with E-state index in [0.29, 0.717) is 11.2 Å². The number of hydrogen-bond donors (Lipinski definition) is 3. The normalized spacial score (nSPS) is 21.3. The zero-order chi connectivity index (χ0) is 28.1. The standard InChI is InChI=1S/C20H26N6O5.C4H8O2/c1-11(2)17(27)30-15-7-12(8-29-18(28)19(3,4)23)31-20(15,9-21)14-6-5-13-16(22)24-10-25-26(13)14;1-3(2)4(5)6/h5-6,10-12,15H,7-8,23H2,1-4H3,(H2,22,24,25);3H,1-2H3,(H,5,6). The second-order valence-electron chi connectivity index (χ2n) is 9.88. The number of aliphatic carboxylic acids is 1. The number of carbonyl (C=O) groups excluding carboxylic acids is 2. The number of nitrogen functional groups attached to an aromatic ring is 1. The molecule has 202 valence electrons. The molecule has 0 bridgehead atoms. The summed E-state index contributed by atoms with van der Waals surface area (Å²) in [6.07, 6.45) is -0.279. The van der Waals surface area contributed by atoms with Crippen LogP contribution in [-0.4, -0.2) is 62.0 Å². The third-order valence-electron chi connectivity index (χ3n) is 5.46. The zero-order valence-electron chi connectivity index (χ0n) is 21.8. The van der Waals surface area contributed by atoms with E-state index >= 15 is 0 Å². The molecule has 0 aliphatic carbocycles. The van der Waals surface area contributed by atoms with E-state index in [1.54, 1.807) is 39.8 Å². The molecule has 3 heterocycles. The first kappa shape index (κ1) is 29.5. The van der Waals surface area contributed by atoms with Crippen LogP contribution >= 0.6 is 0 Å². The molecule has 0 aromatic carbocycles. The second-order valence-corrected chi connectivity index (χ2v) is 9.88. The summed E-state index contributed by atoms with van der Waals surface area (Å²) >= 11 is 0. The van der Waals surface area contributed by atoms with Crippen molar-refractivity contribution in [3.05, 3.63) is 24.2 Å². The fraction of sp³-hybridized carbons (Fsp3) is 0.583. The van der Waals surface area contributed by atoms with Gasteiger partial charge in [0.1, 0.15) is 30.1 Å². The Hall–Kier alpha value is -3.76. The topological polar surface area (TPSA) is 205 Å². The number of nitrogens with zero attached hydrogens (tertiary/aromatic N) is 4. The molecular weight excluding hydrogens is 484 g/mol. The van der Waals surface area contributed by atoms with Crippen LogP contribution in [-0.2, 0) is 34.2 Å². The number of carboxylic acid groups (broad SMARTS) is 1. The summed E-state index contributed by atoms with van der Waals surface area (Å²) < 4.78 is 18.4. The molecule has 0 amide bonds. The summed E-state index contributed by atoms with van der Waals surface area (Å²) in [5, 5.41) is 22.3. The fourth-order valence-electron chi connectivity index (χ4n) is 3.27. The van der Waals surface area contributed by atoms with E-state index in [-0.39, 0.29) is 24.8 Å². The molecule has 1 fully saturated rings. The van der Waals surface area contributed by atoms with Crippen LogP contribution in [0, 0.1) is 23.2 Å². The molecule has 3 unspecified atom stereocenters. The SMILES string of the molecule is CC(C)C(=O)O.CC(C)C(=O)OC1CC(COC(=O)C(C)(C)N)OC1(C#N)c1ccc2c(N)ncnn12. The third kappa shape index (κ3) is 6.72. The van der Waals surface area contributed by atoms with Gasteiger partial charge in [-0.05, 0) is 26.0 Å². The molecule has 13 nitrogen and oxygen atoms in total. The van der Waals surface area contributed by atoms with Crippen LogP contribution in [0.5, 0.6) is 0 Å². The molecule has 0 radical (unpaired) electrons. The van der Waals surface area contributed by atoms with Crippen molar-refractivity contribution >= 4 is 29.2 Å². The summed E-state index contributed by atoms with van der Waals surface area (Å²) in [5.41, 5.74) is 9.60. The Morgan fingerprint density at radius 3 is 2.43 bits per heavy atom. The molecule has 1 aliphatic heterocycles. The van der Waals surface area contributed by atoms with Crippen molar-refractivity contribution in [1.29, 1.82) is 5.26 Å². The van der Waals surface area contributed by atoms with Crippen LogP contribution in [0.15, 0.2) is 18.5 Å². The predicted octanol–water partition coefficient (Wildman–Crippen LogP) is 1.39. The van der Waals surface area contributed by atoms with Crippen LogP contribution in [0.4, 0.5) is 5.82 Å². The smallest absolute Gasteiger partial charge is 0.325 e. The highest BCUT2D eigenvalue weighted by Crippen LogP contribution is 2.42. The molecule has 2 aromatic rings. The maximum absolute atomic E-state index is 12.4. The first-order valence-corrected chi connectivity index (χ1v) is 11.7. The first-order chi connectivity index (χ1) is 17.1. The average Bonchev–Trinajstić information content (AvgIpc) is 3.40. The Labute approximate surface area is 214 Å². The van der Waals surface area contributed by atoms with Crippen LogP contribution in [0.2, 0.25) is 0 Å². The van der Waals surface area contributed by atoms with Gasteiger partial charge in [-0.3, -0.25) is 14.4 Å². The number of rotatable bonds is 7. The molecule has 1 saturated heterocycles. The molecule has 3 atom stereocenters. The van der Waals surface area contributed by atoms with Gasteiger partial charge in [0.2, 0.25) is 5.60 Å². The summed E-state index contributed by atoms with van der Waals surface area (Å²) in [5.74, 6) is -2.26. The Bertz CT molecular complexity index is 1180. The highest BCUT2D eigenvalue weighted by Gasteiger charge is 2.55. The Morgan fingerprint density at radius 2 is 1.92 bits per heavy atom. The van der Waals surface area contributed by atoms with Gasteiger partial charge in [-0.15, -0.1) is 0 Å². The number of hydrogen-bond acceptors (Lipinski definition) is 11. The summed E-state index contributed by atoms with van der Waals surface area (Å²) in [4.78, 5) is 38.0. The molecule has 0 spiro atoms. The van der Waals surface area contributed by atoms with E-state index in [1.165, 1.54) is 24.7 Å². The minimum atomic E-state index is -1.69. The Morgan fingerprint density at radius 1 is 1.30 bits per heavy atom. The van der Waals surface area contributed by atoms with Crippen molar-refractivity contribution in [2.75, 3.05) is 12.3 Å². The van der Waals surface area contributed by atoms with Crippen molar-refractivity contribution in [2.24, 2.45) is 17.6 Å². The lowest BCUT2D eigenvalue weighted by atomic mass is 9.93. The van der Waals surface area contributed by atoms with Crippen LogP contribution in [0.25, 0.3) is 5.52 Å². The lowest BCUT2D eigenvalue weighted by Gasteiger charge is -2.27. The van der Waals surface area contributed by atoms with Crippen molar-refractivity contribution in [2.45, 2.75) is 71.3 Å². The van der Waals surface area contributed by atoms with E-state index in [2.05, 4.69) is 16.2 Å². The van der Waals surface area contributed by atoms with Gasteiger partial charge in [0.25, 0.3) is 0 Å². The largest absolute Gasteiger partial charge is 0.481 e. The van der Waals surface area contributed by atoms with E-state index in [0.717, 1.165) is 0 Å². The van der Waals surface area contributed by atoms with Gasteiger partial charge < -0.3 is 30.8 Å². The number of carboxylic acids is 1. The summed E-state index contributed by atoms with van der Waals surface area (Å²) in [7, 11) is 0. The van der Waals surface area contributed by atoms with Gasteiger partial charge in [-0.1, -0.05) is 27.7 Å². The van der Waals surface area contributed by atoms with Gasteiger partial charge >= 0.3 is 17.9 Å². The number of carbonyl (C=O) groups is 3. The lowest BCUT2D eigenvalue weighted by molar-refractivity contribution is -0.161. The van der Waals surface area contributed by atoms with Gasteiger partial charge in [0, 0.05) is 6.42 Å². The summed E-state index contributed by atoms with van der Waals surface area (Å²) in [6.45, 7) is 9.55. The fourth-order valence-corrected chi connectivity index (χ4v) is 3.27. The van der Waals surface area contributed by atoms with Gasteiger partial charge in [0.05, 0.1) is 23.6 Å². The van der Waals surface area contributed by atoms with Crippen molar-refractivity contribution in [3.63, 3.8) is 0 Å². The molecule has 1 aliphatic rings. The minimum absolute atomic E-state index is 0.137. The van der Waals surface area contributed by atoms with Gasteiger partial charge in [-0.2, -0.15) is 10.4 Å². The highest BCUT2D eigenvalue weighted by molar-refractivity contribution is 5.79. The van der Waals surface area contributed by atoms with E-state index in [9.17, 15) is 19.6 Å². The van der Waals surface area contributed by atoms with Crippen LogP contribution < -0.4 is 11.5 Å².